The Morgan fingerprint density at radius 2 is 1.86 bits per heavy atom. The van der Waals surface area contributed by atoms with Crippen LogP contribution in [-0.2, 0) is 11.3 Å². The molecule has 2 heterocycles. The van der Waals surface area contributed by atoms with Crippen molar-refractivity contribution < 1.29 is 4.74 Å². The van der Waals surface area contributed by atoms with Crippen LogP contribution < -0.4 is 0 Å². The van der Waals surface area contributed by atoms with Crippen LogP contribution in [0.1, 0.15) is 6.42 Å². The molecule has 0 unspecified atom stereocenters. The van der Waals surface area contributed by atoms with Crippen LogP contribution in [0.2, 0.25) is 0 Å². The Morgan fingerprint density at radius 3 is 2.62 bits per heavy atom. The molecular weight excluding hydrogens is 332 g/mol. The van der Waals surface area contributed by atoms with E-state index in [1.807, 2.05) is 35.1 Å². The molecule has 0 amide bonds. The van der Waals surface area contributed by atoms with Crippen molar-refractivity contribution in [1.29, 1.82) is 0 Å². The maximum atomic E-state index is 5.35. The number of ether oxygens (including phenoxy) is 1. The summed E-state index contributed by atoms with van der Waals surface area (Å²) < 4.78 is 8.35. The van der Waals surface area contributed by atoms with E-state index in [1.165, 1.54) is 0 Å². The number of hydrogen-bond donors (Lipinski definition) is 0. The van der Waals surface area contributed by atoms with E-state index in [2.05, 4.69) is 31.1 Å². The minimum atomic E-state index is 0.858. The van der Waals surface area contributed by atoms with E-state index >= 15 is 0 Å². The van der Waals surface area contributed by atoms with Gasteiger partial charge in [-0.1, -0.05) is 33.3 Å². The van der Waals surface area contributed by atoms with E-state index in [9.17, 15) is 0 Å². The van der Waals surface area contributed by atoms with Gasteiger partial charge in [0.25, 0.3) is 0 Å². The maximum absolute atomic E-state index is 5.35. The van der Waals surface area contributed by atoms with Crippen molar-refractivity contribution in [3.8, 4) is 11.3 Å². The van der Waals surface area contributed by atoms with Gasteiger partial charge in [0.2, 0.25) is 0 Å². The van der Waals surface area contributed by atoms with Crippen molar-refractivity contribution in [2.75, 3.05) is 32.8 Å². The quantitative estimate of drug-likeness (QED) is 0.830. The molecule has 0 radical (unpaired) electrons. The van der Waals surface area contributed by atoms with Crippen LogP contribution >= 0.6 is 15.9 Å². The third-order valence-corrected chi connectivity index (χ3v) is 4.17. The van der Waals surface area contributed by atoms with Gasteiger partial charge in [0.1, 0.15) is 5.69 Å². The van der Waals surface area contributed by atoms with Crippen LogP contribution in [0.4, 0.5) is 0 Å². The number of aryl methyl sites for hydroxylation is 1. The zero-order valence-corrected chi connectivity index (χ0v) is 13.5. The first-order chi connectivity index (χ1) is 10.3. The van der Waals surface area contributed by atoms with Gasteiger partial charge in [-0.25, -0.2) is 0 Å². The van der Waals surface area contributed by atoms with Gasteiger partial charge in [0.05, 0.1) is 19.4 Å². The molecule has 6 heteroatoms. The molecule has 1 aliphatic heterocycles. The number of morpholine rings is 1. The number of benzene rings is 1. The van der Waals surface area contributed by atoms with Crippen LogP contribution in [0.3, 0.4) is 0 Å². The van der Waals surface area contributed by atoms with Gasteiger partial charge >= 0.3 is 0 Å². The normalized spacial score (nSPS) is 16.2. The summed E-state index contributed by atoms with van der Waals surface area (Å²) in [5.41, 5.74) is 2.02. The molecule has 0 spiro atoms. The number of halogens is 1. The van der Waals surface area contributed by atoms with Gasteiger partial charge in [0.15, 0.2) is 0 Å². The fourth-order valence-electron chi connectivity index (χ4n) is 2.44. The lowest BCUT2D eigenvalue weighted by molar-refractivity contribution is 0.0368. The molecule has 2 aromatic rings. The summed E-state index contributed by atoms with van der Waals surface area (Å²) in [4.78, 5) is 2.44. The van der Waals surface area contributed by atoms with Crippen molar-refractivity contribution in [1.82, 2.24) is 19.9 Å². The lowest BCUT2D eigenvalue weighted by atomic mass is 10.2. The number of rotatable bonds is 5. The number of aromatic nitrogens is 3. The maximum Gasteiger partial charge on any atom is 0.113 e. The summed E-state index contributed by atoms with van der Waals surface area (Å²) in [6, 6.07) is 8.14. The van der Waals surface area contributed by atoms with Crippen LogP contribution in [0, 0.1) is 0 Å². The SMILES string of the molecule is Brc1ccc(-c2cn(CCCN3CCOCC3)nn2)cc1. The highest BCUT2D eigenvalue weighted by atomic mass is 79.9. The molecule has 3 rings (SSSR count). The van der Waals surface area contributed by atoms with E-state index in [-0.39, 0.29) is 0 Å². The highest BCUT2D eigenvalue weighted by Crippen LogP contribution is 2.19. The molecule has 1 fully saturated rings. The molecule has 1 aromatic carbocycles. The monoisotopic (exact) mass is 350 g/mol. The average Bonchev–Trinajstić information content (AvgIpc) is 2.98. The zero-order chi connectivity index (χ0) is 14.5. The lowest BCUT2D eigenvalue weighted by Crippen LogP contribution is -2.37. The van der Waals surface area contributed by atoms with Gasteiger partial charge in [0, 0.05) is 36.2 Å². The first-order valence-corrected chi connectivity index (χ1v) is 8.07. The summed E-state index contributed by atoms with van der Waals surface area (Å²) in [7, 11) is 0. The first kappa shape index (κ1) is 14.7. The van der Waals surface area contributed by atoms with Crippen molar-refractivity contribution in [3.05, 3.63) is 34.9 Å². The van der Waals surface area contributed by atoms with Gasteiger partial charge < -0.3 is 4.74 Å². The topological polar surface area (TPSA) is 43.2 Å². The second-order valence-corrected chi connectivity index (χ2v) is 6.10. The zero-order valence-electron chi connectivity index (χ0n) is 11.9. The highest BCUT2D eigenvalue weighted by molar-refractivity contribution is 9.10. The standard InChI is InChI=1S/C15H19BrN4O/c16-14-4-2-13(3-5-14)15-12-20(18-17-15)7-1-6-19-8-10-21-11-9-19/h2-5,12H,1,6-11H2. The van der Waals surface area contributed by atoms with E-state index in [0.717, 1.165) is 61.5 Å². The minimum Gasteiger partial charge on any atom is -0.379 e. The molecule has 21 heavy (non-hydrogen) atoms. The van der Waals surface area contributed by atoms with Gasteiger partial charge in [-0.05, 0) is 18.6 Å². The van der Waals surface area contributed by atoms with Crippen molar-refractivity contribution >= 4 is 15.9 Å². The lowest BCUT2D eigenvalue weighted by Gasteiger charge is -2.26. The highest BCUT2D eigenvalue weighted by Gasteiger charge is 2.10. The molecule has 0 atom stereocenters. The second-order valence-electron chi connectivity index (χ2n) is 5.18. The van der Waals surface area contributed by atoms with Crippen molar-refractivity contribution in [3.63, 3.8) is 0 Å². The number of nitrogens with zero attached hydrogens (tertiary/aromatic N) is 4. The second kappa shape index (κ2) is 7.15. The molecule has 112 valence electrons. The van der Waals surface area contributed by atoms with Crippen molar-refractivity contribution in [2.24, 2.45) is 0 Å². The van der Waals surface area contributed by atoms with E-state index < -0.39 is 0 Å². The summed E-state index contributed by atoms with van der Waals surface area (Å²) in [6.45, 7) is 5.80. The van der Waals surface area contributed by atoms with E-state index in [0.29, 0.717) is 0 Å². The van der Waals surface area contributed by atoms with Crippen LogP contribution in [0.15, 0.2) is 34.9 Å². The molecule has 1 aromatic heterocycles. The van der Waals surface area contributed by atoms with Crippen molar-refractivity contribution in [2.45, 2.75) is 13.0 Å². The molecule has 1 saturated heterocycles. The molecule has 5 nitrogen and oxygen atoms in total. The van der Waals surface area contributed by atoms with Crippen LogP contribution in [0.5, 0.6) is 0 Å². The predicted octanol–water partition coefficient (Wildman–Crippen LogP) is 2.43. The van der Waals surface area contributed by atoms with E-state index in [4.69, 9.17) is 4.74 Å². The van der Waals surface area contributed by atoms with Gasteiger partial charge in [-0.3, -0.25) is 9.58 Å². The molecule has 1 aliphatic rings. The Balaban J connectivity index is 1.51. The number of hydrogen-bond acceptors (Lipinski definition) is 4. The fourth-order valence-corrected chi connectivity index (χ4v) is 2.71. The van der Waals surface area contributed by atoms with E-state index in [1.54, 1.807) is 0 Å². The Kier molecular flexibility index (Phi) is 5.00. The molecule has 0 bridgehead atoms. The Hall–Kier alpha value is -1.24. The Morgan fingerprint density at radius 1 is 1.10 bits per heavy atom. The summed E-state index contributed by atoms with van der Waals surface area (Å²) in [5, 5.41) is 8.45. The molecular formula is C15H19BrN4O. The van der Waals surface area contributed by atoms with Gasteiger partial charge in [-0.2, -0.15) is 0 Å². The first-order valence-electron chi connectivity index (χ1n) is 7.27. The molecule has 0 aliphatic carbocycles. The third-order valence-electron chi connectivity index (χ3n) is 3.64. The largest absolute Gasteiger partial charge is 0.379 e. The Bertz CT molecular complexity index is 563. The van der Waals surface area contributed by atoms with Gasteiger partial charge in [-0.15, -0.1) is 5.10 Å². The van der Waals surface area contributed by atoms with Crippen LogP contribution in [-0.4, -0.2) is 52.7 Å². The smallest absolute Gasteiger partial charge is 0.113 e. The predicted molar refractivity (Wildman–Crippen MR) is 85.0 cm³/mol. The summed E-state index contributed by atoms with van der Waals surface area (Å²) >= 11 is 3.44. The minimum absolute atomic E-state index is 0.858. The third kappa shape index (κ3) is 4.12. The average molecular weight is 351 g/mol. The summed E-state index contributed by atoms with van der Waals surface area (Å²) in [6.07, 6.45) is 3.10. The molecule has 0 saturated carbocycles. The van der Waals surface area contributed by atoms with Crippen LogP contribution in [0.25, 0.3) is 11.3 Å². The summed E-state index contributed by atoms with van der Waals surface area (Å²) in [5.74, 6) is 0. The Labute approximate surface area is 133 Å². The molecule has 0 N–H and O–H groups in total. The fraction of sp³-hybridized carbons (Fsp3) is 0.467.